The van der Waals surface area contributed by atoms with Crippen LogP contribution in [0.3, 0.4) is 0 Å². The lowest BCUT2D eigenvalue weighted by Crippen LogP contribution is -2.25. The Morgan fingerprint density at radius 2 is 2.13 bits per heavy atom. The SMILES string of the molecule is Cc1oc(-c2cccs2)nc1CN1CCOc2ccccc2C1. The molecule has 0 unspecified atom stereocenters. The van der Waals surface area contributed by atoms with Gasteiger partial charge in [-0.05, 0) is 24.4 Å². The average molecular weight is 326 g/mol. The first-order valence-electron chi connectivity index (χ1n) is 7.73. The molecule has 0 saturated carbocycles. The molecule has 4 rings (SSSR count). The first-order chi connectivity index (χ1) is 11.3. The Morgan fingerprint density at radius 1 is 1.22 bits per heavy atom. The molecule has 23 heavy (non-hydrogen) atoms. The monoisotopic (exact) mass is 326 g/mol. The van der Waals surface area contributed by atoms with Crippen LogP contribution in [0, 0.1) is 6.92 Å². The number of hydrogen-bond acceptors (Lipinski definition) is 5. The Hall–Kier alpha value is -2.11. The van der Waals surface area contributed by atoms with Gasteiger partial charge in [0, 0.05) is 25.2 Å². The van der Waals surface area contributed by atoms with E-state index in [-0.39, 0.29) is 0 Å². The lowest BCUT2D eigenvalue weighted by Gasteiger charge is -2.17. The Kier molecular flexibility index (Phi) is 3.89. The Morgan fingerprint density at radius 3 is 3.00 bits per heavy atom. The first-order valence-corrected chi connectivity index (χ1v) is 8.61. The molecule has 4 nitrogen and oxygen atoms in total. The van der Waals surface area contributed by atoms with Gasteiger partial charge in [-0.1, -0.05) is 24.3 Å². The average Bonchev–Trinajstić information content (AvgIpc) is 3.14. The number of oxazole rings is 1. The molecule has 0 amide bonds. The van der Waals surface area contributed by atoms with E-state index in [1.54, 1.807) is 11.3 Å². The van der Waals surface area contributed by atoms with Crippen LogP contribution in [0.15, 0.2) is 46.2 Å². The van der Waals surface area contributed by atoms with Crippen molar-refractivity contribution in [2.24, 2.45) is 0 Å². The predicted molar refractivity (Wildman–Crippen MR) is 90.6 cm³/mol. The molecule has 1 aliphatic rings. The number of aryl methyl sites for hydroxylation is 1. The fourth-order valence-electron chi connectivity index (χ4n) is 2.81. The molecular weight excluding hydrogens is 308 g/mol. The van der Waals surface area contributed by atoms with Crippen molar-refractivity contribution >= 4 is 11.3 Å². The highest BCUT2D eigenvalue weighted by Crippen LogP contribution is 2.28. The molecular formula is C18H18N2O2S. The topological polar surface area (TPSA) is 38.5 Å². The zero-order valence-corrected chi connectivity index (χ0v) is 13.8. The van der Waals surface area contributed by atoms with Crippen LogP contribution in [0.25, 0.3) is 10.8 Å². The van der Waals surface area contributed by atoms with E-state index in [1.165, 1.54) is 5.56 Å². The molecule has 0 bridgehead atoms. The molecule has 0 atom stereocenters. The number of para-hydroxylation sites is 1. The van der Waals surface area contributed by atoms with Crippen molar-refractivity contribution in [3.8, 4) is 16.5 Å². The van der Waals surface area contributed by atoms with E-state index in [4.69, 9.17) is 14.1 Å². The maximum atomic E-state index is 5.84. The van der Waals surface area contributed by atoms with Crippen molar-refractivity contribution in [1.29, 1.82) is 0 Å². The van der Waals surface area contributed by atoms with Gasteiger partial charge in [0.05, 0.1) is 10.6 Å². The van der Waals surface area contributed by atoms with E-state index < -0.39 is 0 Å². The van der Waals surface area contributed by atoms with E-state index >= 15 is 0 Å². The number of rotatable bonds is 3. The summed E-state index contributed by atoms with van der Waals surface area (Å²) >= 11 is 1.65. The third kappa shape index (κ3) is 3.02. The highest BCUT2D eigenvalue weighted by molar-refractivity contribution is 7.13. The minimum Gasteiger partial charge on any atom is -0.492 e. The van der Waals surface area contributed by atoms with Crippen LogP contribution in [-0.2, 0) is 13.1 Å². The molecule has 3 heterocycles. The van der Waals surface area contributed by atoms with Gasteiger partial charge in [-0.25, -0.2) is 4.98 Å². The Bertz CT molecular complexity index is 795. The summed E-state index contributed by atoms with van der Waals surface area (Å²) in [6.45, 7) is 5.22. The summed E-state index contributed by atoms with van der Waals surface area (Å²) in [6, 6.07) is 12.3. The van der Waals surface area contributed by atoms with Crippen LogP contribution < -0.4 is 4.74 Å². The highest BCUT2D eigenvalue weighted by atomic mass is 32.1. The number of aromatic nitrogens is 1. The number of ether oxygens (including phenoxy) is 1. The third-order valence-corrected chi connectivity index (χ3v) is 4.89. The fourth-order valence-corrected chi connectivity index (χ4v) is 3.46. The van der Waals surface area contributed by atoms with Gasteiger partial charge in [0.2, 0.25) is 5.89 Å². The summed E-state index contributed by atoms with van der Waals surface area (Å²) in [7, 11) is 0. The van der Waals surface area contributed by atoms with Crippen molar-refractivity contribution in [3.63, 3.8) is 0 Å². The Labute approximate surface area is 139 Å². The standard InChI is InChI=1S/C18H18N2O2S/c1-13-15(19-18(22-13)17-7-4-10-23-17)12-20-8-9-21-16-6-3-2-5-14(16)11-20/h2-7,10H,8-9,11-12H2,1H3. The number of nitrogens with zero attached hydrogens (tertiary/aromatic N) is 2. The second kappa shape index (κ2) is 6.18. The zero-order valence-electron chi connectivity index (χ0n) is 13.0. The Balaban J connectivity index is 1.54. The minimum atomic E-state index is 0.700. The molecule has 5 heteroatoms. The number of thiophene rings is 1. The minimum absolute atomic E-state index is 0.700. The molecule has 0 N–H and O–H groups in total. The molecule has 0 saturated heterocycles. The van der Waals surface area contributed by atoms with E-state index in [9.17, 15) is 0 Å². The van der Waals surface area contributed by atoms with Gasteiger partial charge in [0.15, 0.2) is 0 Å². The third-order valence-electron chi connectivity index (χ3n) is 4.03. The van der Waals surface area contributed by atoms with Gasteiger partial charge < -0.3 is 9.15 Å². The number of hydrogen-bond donors (Lipinski definition) is 0. The molecule has 3 aromatic rings. The van der Waals surface area contributed by atoms with Crippen LogP contribution in [0.2, 0.25) is 0 Å². The van der Waals surface area contributed by atoms with Crippen LogP contribution in [0.1, 0.15) is 17.0 Å². The van der Waals surface area contributed by atoms with Crippen molar-refractivity contribution in [3.05, 3.63) is 58.8 Å². The second-order valence-corrected chi connectivity index (χ2v) is 6.61. The normalized spacial score (nSPS) is 15.0. The van der Waals surface area contributed by atoms with Crippen molar-refractivity contribution in [2.75, 3.05) is 13.2 Å². The molecule has 0 aliphatic carbocycles. The molecule has 0 spiro atoms. The summed E-state index contributed by atoms with van der Waals surface area (Å²) < 4.78 is 11.7. The molecule has 1 aromatic carbocycles. The maximum Gasteiger partial charge on any atom is 0.236 e. The largest absolute Gasteiger partial charge is 0.492 e. The van der Waals surface area contributed by atoms with Gasteiger partial charge in [0.1, 0.15) is 18.1 Å². The van der Waals surface area contributed by atoms with Crippen molar-refractivity contribution < 1.29 is 9.15 Å². The fraction of sp³-hybridized carbons (Fsp3) is 0.278. The van der Waals surface area contributed by atoms with Crippen LogP contribution in [0.4, 0.5) is 0 Å². The molecule has 0 fully saturated rings. The van der Waals surface area contributed by atoms with Crippen LogP contribution >= 0.6 is 11.3 Å². The van der Waals surface area contributed by atoms with Crippen molar-refractivity contribution in [1.82, 2.24) is 9.88 Å². The molecule has 118 valence electrons. The summed E-state index contributed by atoms with van der Waals surface area (Å²) in [5.74, 6) is 2.61. The first kappa shape index (κ1) is 14.5. The van der Waals surface area contributed by atoms with Crippen LogP contribution in [-0.4, -0.2) is 23.0 Å². The number of fused-ring (bicyclic) bond motifs is 1. The smallest absolute Gasteiger partial charge is 0.236 e. The predicted octanol–water partition coefficient (Wildman–Crippen LogP) is 4.11. The lowest BCUT2D eigenvalue weighted by molar-refractivity contribution is 0.217. The summed E-state index contributed by atoms with van der Waals surface area (Å²) in [5.41, 5.74) is 2.23. The van der Waals surface area contributed by atoms with E-state index in [0.717, 1.165) is 47.6 Å². The molecule has 0 radical (unpaired) electrons. The van der Waals surface area contributed by atoms with Gasteiger partial charge in [0.25, 0.3) is 0 Å². The van der Waals surface area contributed by atoms with Gasteiger partial charge >= 0.3 is 0 Å². The second-order valence-electron chi connectivity index (χ2n) is 5.67. The van der Waals surface area contributed by atoms with E-state index in [1.807, 2.05) is 36.6 Å². The molecule has 1 aliphatic heterocycles. The maximum absolute atomic E-state index is 5.84. The highest BCUT2D eigenvalue weighted by Gasteiger charge is 2.19. The van der Waals surface area contributed by atoms with Crippen molar-refractivity contribution in [2.45, 2.75) is 20.0 Å². The zero-order chi connectivity index (χ0) is 15.6. The van der Waals surface area contributed by atoms with E-state index in [2.05, 4.69) is 17.0 Å². The van der Waals surface area contributed by atoms with Gasteiger partial charge in [-0.2, -0.15) is 0 Å². The number of benzene rings is 1. The van der Waals surface area contributed by atoms with Gasteiger partial charge in [-0.15, -0.1) is 11.3 Å². The quantitative estimate of drug-likeness (QED) is 0.726. The van der Waals surface area contributed by atoms with Gasteiger partial charge in [-0.3, -0.25) is 4.90 Å². The summed E-state index contributed by atoms with van der Waals surface area (Å²) in [5, 5.41) is 2.04. The lowest BCUT2D eigenvalue weighted by atomic mass is 10.2. The molecule has 2 aromatic heterocycles. The summed E-state index contributed by atoms with van der Waals surface area (Å²) in [6.07, 6.45) is 0. The van der Waals surface area contributed by atoms with E-state index in [0.29, 0.717) is 6.61 Å². The summed E-state index contributed by atoms with van der Waals surface area (Å²) in [4.78, 5) is 8.12. The van der Waals surface area contributed by atoms with Crippen LogP contribution in [0.5, 0.6) is 5.75 Å².